The Morgan fingerprint density at radius 3 is 2.62 bits per heavy atom. The number of rotatable bonds is 3. The van der Waals surface area contributed by atoms with Crippen molar-refractivity contribution in [2.24, 2.45) is 0 Å². The molecule has 0 saturated carbocycles. The number of benzene rings is 1. The van der Waals surface area contributed by atoms with Gasteiger partial charge in [0.25, 0.3) is 5.69 Å². The number of halogens is 3. The van der Waals surface area contributed by atoms with E-state index in [0.29, 0.717) is 0 Å². The van der Waals surface area contributed by atoms with Gasteiger partial charge in [-0.15, -0.1) is 0 Å². The van der Waals surface area contributed by atoms with E-state index in [1.807, 2.05) is 0 Å². The maximum absolute atomic E-state index is 12.0. The second-order valence-electron chi connectivity index (χ2n) is 2.55. The number of non-ortho nitro benzene ring substituents is 1. The first-order chi connectivity index (χ1) is 7.45. The van der Waals surface area contributed by atoms with Gasteiger partial charge in [-0.1, -0.05) is 11.6 Å². The molecule has 0 saturated heterocycles. The van der Waals surface area contributed by atoms with Crippen molar-refractivity contribution in [3.63, 3.8) is 0 Å². The zero-order chi connectivity index (χ0) is 12.3. The van der Waals surface area contributed by atoms with E-state index in [0.717, 1.165) is 12.1 Å². The summed E-state index contributed by atoms with van der Waals surface area (Å²) in [5.74, 6) is -0.614. The Kier molecular flexibility index (Phi) is 3.58. The lowest BCUT2D eigenvalue weighted by Crippen LogP contribution is -2.04. The van der Waals surface area contributed by atoms with E-state index in [1.165, 1.54) is 6.07 Å². The van der Waals surface area contributed by atoms with Crippen LogP contribution in [-0.2, 0) is 0 Å². The number of nitrogens with zero attached hydrogens (tertiary/aromatic N) is 2. The van der Waals surface area contributed by atoms with Crippen molar-refractivity contribution in [2.75, 3.05) is 0 Å². The molecule has 0 fully saturated rings. The van der Waals surface area contributed by atoms with Gasteiger partial charge < -0.3 is 4.74 Å². The molecular formula is C8H3ClF2N2O3. The number of alkyl halides is 2. The maximum Gasteiger partial charge on any atom is 0.387 e. The Morgan fingerprint density at radius 2 is 2.19 bits per heavy atom. The molecule has 0 N–H and O–H groups in total. The molecule has 0 aliphatic carbocycles. The topological polar surface area (TPSA) is 76.2 Å². The van der Waals surface area contributed by atoms with Gasteiger partial charge in [-0.05, 0) is 0 Å². The van der Waals surface area contributed by atoms with Crippen molar-refractivity contribution >= 4 is 17.3 Å². The lowest BCUT2D eigenvalue weighted by molar-refractivity contribution is -0.385. The maximum atomic E-state index is 12.0. The summed E-state index contributed by atoms with van der Waals surface area (Å²) in [7, 11) is 0. The van der Waals surface area contributed by atoms with E-state index < -0.39 is 23.0 Å². The normalized spacial score (nSPS) is 9.94. The van der Waals surface area contributed by atoms with Crippen molar-refractivity contribution in [2.45, 2.75) is 6.61 Å². The van der Waals surface area contributed by atoms with E-state index in [-0.39, 0.29) is 10.6 Å². The molecule has 0 heterocycles. The van der Waals surface area contributed by atoms with Gasteiger partial charge in [0.1, 0.15) is 11.6 Å². The molecule has 1 rings (SSSR count). The molecule has 5 nitrogen and oxygen atoms in total. The summed E-state index contributed by atoms with van der Waals surface area (Å²) in [6.07, 6.45) is 0. The van der Waals surface area contributed by atoms with Crippen molar-refractivity contribution < 1.29 is 18.4 Å². The molecule has 0 aromatic heterocycles. The first kappa shape index (κ1) is 12.1. The van der Waals surface area contributed by atoms with E-state index in [2.05, 4.69) is 4.74 Å². The summed E-state index contributed by atoms with van der Waals surface area (Å²) < 4.78 is 27.9. The van der Waals surface area contributed by atoms with Crippen LogP contribution in [-0.4, -0.2) is 11.5 Å². The Hall–Kier alpha value is -1.94. The van der Waals surface area contributed by atoms with Crippen LogP contribution in [0.4, 0.5) is 14.5 Å². The standard InChI is InChI=1S/C8H3ClF2N2O3/c9-6-1-4(13(14)15)2-7(5(6)3-12)16-8(10)11/h1-2,8H. The average molecular weight is 249 g/mol. The van der Waals surface area contributed by atoms with Crippen molar-refractivity contribution in [1.29, 1.82) is 5.26 Å². The zero-order valence-electron chi connectivity index (χ0n) is 7.49. The highest BCUT2D eigenvalue weighted by Crippen LogP contribution is 2.32. The van der Waals surface area contributed by atoms with Gasteiger partial charge in [0.2, 0.25) is 0 Å². The number of nitro groups is 1. The predicted octanol–water partition coefficient (Wildman–Crippen LogP) is 2.72. The van der Waals surface area contributed by atoms with Crippen LogP contribution in [0.2, 0.25) is 5.02 Å². The quantitative estimate of drug-likeness (QED) is 0.609. The van der Waals surface area contributed by atoms with E-state index in [1.54, 1.807) is 0 Å². The van der Waals surface area contributed by atoms with Crippen LogP contribution >= 0.6 is 11.6 Å². The molecule has 0 atom stereocenters. The first-order valence-electron chi connectivity index (χ1n) is 3.78. The van der Waals surface area contributed by atoms with E-state index >= 15 is 0 Å². The molecule has 0 aliphatic rings. The molecule has 0 unspecified atom stereocenters. The largest absolute Gasteiger partial charge is 0.433 e. The fourth-order valence-electron chi connectivity index (χ4n) is 0.971. The Bertz CT molecular complexity index is 473. The number of hydrogen-bond acceptors (Lipinski definition) is 4. The second-order valence-corrected chi connectivity index (χ2v) is 2.96. The van der Waals surface area contributed by atoms with Crippen LogP contribution in [0, 0.1) is 21.4 Å². The van der Waals surface area contributed by atoms with Gasteiger partial charge in [0.05, 0.1) is 16.0 Å². The molecule has 0 radical (unpaired) electrons. The van der Waals surface area contributed by atoms with Gasteiger partial charge in [0.15, 0.2) is 5.75 Å². The average Bonchev–Trinajstić information content (AvgIpc) is 2.16. The van der Waals surface area contributed by atoms with Gasteiger partial charge in [0, 0.05) is 6.07 Å². The van der Waals surface area contributed by atoms with Crippen LogP contribution in [0.5, 0.6) is 5.75 Å². The molecule has 1 aromatic rings. The minimum atomic E-state index is -3.19. The number of hydrogen-bond donors (Lipinski definition) is 0. The zero-order valence-corrected chi connectivity index (χ0v) is 8.24. The highest BCUT2D eigenvalue weighted by atomic mass is 35.5. The fourth-order valence-corrected chi connectivity index (χ4v) is 1.22. The second kappa shape index (κ2) is 4.72. The highest BCUT2D eigenvalue weighted by molar-refractivity contribution is 6.32. The molecule has 0 spiro atoms. The van der Waals surface area contributed by atoms with Gasteiger partial charge >= 0.3 is 6.61 Å². The third-order valence-electron chi connectivity index (χ3n) is 1.58. The molecule has 16 heavy (non-hydrogen) atoms. The summed E-state index contributed by atoms with van der Waals surface area (Å²) in [5, 5.41) is 18.7. The molecule has 0 aliphatic heterocycles. The fraction of sp³-hybridized carbons (Fsp3) is 0.125. The number of ether oxygens (including phenoxy) is 1. The van der Waals surface area contributed by atoms with Gasteiger partial charge in [-0.3, -0.25) is 10.1 Å². The summed E-state index contributed by atoms with van der Waals surface area (Å²) >= 11 is 5.51. The van der Waals surface area contributed by atoms with Crippen LogP contribution in [0.25, 0.3) is 0 Å². The van der Waals surface area contributed by atoms with Gasteiger partial charge in [-0.2, -0.15) is 14.0 Å². The predicted molar refractivity (Wildman–Crippen MR) is 49.5 cm³/mol. The molecule has 84 valence electrons. The molecule has 1 aromatic carbocycles. The highest BCUT2D eigenvalue weighted by Gasteiger charge is 2.19. The summed E-state index contributed by atoms with van der Waals surface area (Å²) in [6.45, 7) is -3.19. The van der Waals surface area contributed by atoms with Crippen LogP contribution < -0.4 is 4.74 Å². The van der Waals surface area contributed by atoms with E-state index in [4.69, 9.17) is 16.9 Å². The number of nitriles is 1. The summed E-state index contributed by atoms with van der Waals surface area (Å²) in [4.78, 5) is 9.58. The number of nitro benzene ring substituents is 1. The third kappa shape index (κ3) is 2.55. The lowest BCUT2D eigenvalue weighted by atomic mass is 10.2. The minimum Gasteiger partial charge on any atom is -0.433 e. The SMILES string of the molecule is N#Cc1c(Cl)cc([N+](=O)[O-])cc1OC(F)F. The summed E-state index contributed by atoms with van der Waals surface area (Å²) in [6, 6.07) is 3.13. The lowest BCUT2D eigenvalue weighted by Gasteiger charge is -2.06. The third-order valence-corrected chi connectivity index (χ3v) is 1.88. The molecule has 0 bridgehead atoms. The van der Waals surface area contributed by atoms with Crippen LogP contribution in [0.1, 0.15) is 5.56 Å². The first-order valence-corrected chi connectivity index (χ1v) is 4.16. The monoisotopic (exact) mass is 248 g/mol. The molecule has 0 amide bonds. The smallest absolute Gasteiger partial charge is 0.387 e. The summed E-state index contributed by atoms with van der Waals surface area (Å²) in [5.41, 5.74) is -0.896. The Balaban J connectivity index is 3.32. The molecular weight excluding hydrogens is 246 g/mol. The van der Waals surface area contributed by atoms with Crippen molar-refractivity contribution in [1.82, 2.24) is 0 Å². The van der Waals surface area contributed by atoms with Crippen molar-refractivity contribution in [3.05, 3.63) is 32.8 Å². The van der Waals surface area contributed by atoms with Crippen LogP contribution in [0.15, 0.2) is 12.1 Å². The Morgan fingerprint density at radius 1 is 1.56 bits per heavy atom. The van der Waals surface area contributed by atoms with Gasteiger partial charge in [-0.25, -0.2) is 0 Å². The van der Waals surface area contributed by atoms with E-state index in [9.17, 15) is 18.9 Å². The minimum absolute atomic E-state index is 0.313. The van der Waals surface area contributed by atoms with Crippen LogP contribution in [0.3, 0.4) is 0 Å². The molecule has 8 heteroatoms. The van der Waals surface area contributed by atoms with Crippen molar-refractivity contribution in [3.8, 4) is 11.8 Å². The Labute approximate surface area is 93.0 Å².